The van der Waals surface area contributed by atoms with Crippen molar-refractivity contribution in [1.82, 2.24) is 10.0 Å². The molecule has 0 spiro atoms. The lowest BCUT2D eigenvalue weighted by molar-refractivity contribution is -0.168. The van der Waals surface area contributed by atoms with Crippen LogP contribution in [0.1, 0.15) is 0 Å². The summed E-state index contributed by atoms with van der Waals surface area (Å²) in [4.78, 5) is 47.3. The Morgan fingerprint density at radius 3 is 1.30 bits per heavy atom. The lowest BCUT2D eigenvalue weighted by Crippen LogP contribution is -2.52. The normalized spacial score (nSPS) is 10.7. The molecule has 0 aliphatic heterocycles. The van der Waals surface area contributed by atoms with Gasteiger partial charge in [-0.3, -0.25) is 19.2 Å². The monoisotopic (exact) mass is 412 g/mol. The predicted octanol–water partition coefficient (Wildman–Crippen LogP) is 0.545. The zero-order valence-electron chi connectivity index (χ0n) is 9.90. The van der Waals surface area contributed by atoms with Gasteiger partial charge in [0.1, 0.15) is 13.1 Å². The first-order chi connectivity index (χ1) is 9.33. The van der Waals surface area contributed by atoms with Crippen LogP contribution >= 0.6 is 31.9 Å². The van der Waals surface area contributed by atoms with Crippen LogP contribution in [0.25, 0.3) is 0 Å². The minimum atomic E-state index is -1.40. The maximum atomic E-state index is 11.7. The number of carboxylic acid groups (broad SMARTS) is 2. The second-order valence-electron chi connectivity index (χ2n) is 3.16. The van der Waals surface area contributed by atoms with Gasteiger partial charge in [0, 0.05) is 12.2 Å². The summed E-state index contributed by atoms with van der Waals surface area (Å²) in [5.41, 5.74) is 0. The van der Waals surface area contributed by atoms with Crippen LogP contribution < -0.4 is 0 Å². The summed E-state index contributed by atoms with van der Waals surface area (Å²) >= 11 is 5.67. The zero-order chi connectivity index (χ0) is 15.7. The van der Waals surface area contributed by atoms with Crippen molar-refractivity contribution in [2.45, 2.75) is 0 Å². The van der Waals surface area contributed by atoms with Crippen molar-refractivity contribution in [2.24, 2.45) is 0 Å². The first-order valence-corrected chi connectivity index (χ1v) is 6.76. The van der Waals surface area contributed by atoms with Crippen LogP contribution in [0.15, 0.2) is 22.1 Å². The Bertz CT molecular complexity index is 421. The molecule has 0 aromatic heterocycles. The van der Waals surface area contributed by atoms with E-state index in [0.29, 0.717) is 10.0 Å². The maximum Gasteiger partial charge on any atom is 0.325 e. The van der Waals surface area contributed by atoms with Crippen LogP contribution in [0.3, 0.4) is 0 Å². The smallest absolute Gasteiger partial charge is 0.325 e. The Balaban J connectivity index is 5.47. The Hall–Kier alpha value is -1.68. The van der Waals surface area contributed by atoms with Crippen molar-refractivity contribution < 1.29 is 29.4 Å². The van der Waals surface area contributed by atoms with Gasteiger partial charge < -0.3 is 10.2 Å². The van der Waals surface area contributed by atoms with Crippen molar-refractivity contribution in [3.63, 3.8) is 0 Å². The number of hydrogen-bond acceptors (Lipinski definition) is 4. The van der Waals surface area contributed by atoms with Gasteiger partial charge in [-0.2, -0.15) is 0 Å². The molecular weight excluding hydrogens is 404 g/mol. The number of hydrazine groups is 1. The Morgan fingerprint density at radius 1 is 0.800 bits per heavy atom. The van der Waals surface area contributed by atoms with Crippen LogP contribution in [0.5, 0.6) is 0 Å². The highest BCUT2D eigenvalue weighted by Crippen LogP contribution is 2.04. The van der Waals surface area contributed by atoms with Gasteiger partial charge >= 0.3 is 11.9 Å². The Labute approximate surface area is 130 Å². The fourth-order valence-electron chi connectivity index (χ4n) is 1.10. The molecule has 0 rings (SSSR count). The number of aliphatic carboxylic acids is 2. The fourth-order valence-corrected chi connectivity index (χ4v) is 1.55. The van der Waals surface area contributed by atoms with Crippen LogP contribution in [-0.4, -0.2) is 57.1 Å². The number of carbonyl (C=O) groups is 4. The lowest BCUT2D eigenvalue weighted by atomic mass is 10.4. The number of hydrogen-bond donors (Lipinski definition) is 2. The number of halogens is 2. The molecule has 0 aromatic carbocycles. The van der Waals surface area contributed by atoms with Crippen LogP contribution in [0.2, 0.25) is 0 Å². The van der Waals surface area contributed by atoms with E-state index in [1.165, 1.54) is 0 Å². The molecule has 8 nitrogen and oxygen atoms in total. The first-order valence-electron chi connectivity index (χ1n) is 4.93. The number of carbonyl (C=O) groups excluding carboxylic acids is 2. The highest BCUT2D eigenvalue weighted by Gasteiger charge is 2.27. The molecule has 0 bridgehead atoms. The van der Waals surface area contributed by atoms with Gasteiger partial charge in [0.25, 0.3) is 11.8 Å². The largest absolute Gasteiger partial charge is 0.480 e. The third kappa shape index (κ3) is 6.48. The minimum absolute atomic E-state index is 0.517. The van der Waals surface area contributed by atoms with E-state index in [2.05, 4.69) is 31.9 Å². The molecule has 20 heavy (non-hydrogen) atoms. The maximum absolute atomic E-state index is 11.7. The molecule has 0 radical (unpaired) electrons. The second kappa shape index (κ2) is 9.26. The van der Waals surface area contributed by atoms with Crippen molar-refractivity contribution in [3.8, 4) is 0 Å². The van der Waals surface area contributed by atoms with Crippen molar-refractivity contribution >= 4 is 55.6 Å². The molecule has 110 valence electrons. The molecule has 0 atom stereocenters. The number of nitrogens with zero attached hydrogens (tertiary/aromatic N) is 2. The van der Waals surface area contributed by atoms with E-state index in [-0.39, 0.29) is 0 Å². The summed E-state index contributed by atoms with van der Waals surface area (Å²) in [7, 11) is 0. The molecule has 0 fully saturated rings. The van der Waals surface area contributed by atoms with E-state index < -0.39 is 36.8 Å². The van der Waals surface area contributed by atoms with Crippen LogP contribution in [0, 0.1) is 0 Å². The van der Waals surface area contributed by atoms with Crippen molar-refractivity contribution in [1.29, 1.82) is 0 Å². The topological polar surface area (TPSA) is 115 Å². The summed E-state index contributed by atoms with van der Waals surface area (Å²) in [5, 5.41) is 18.5. The number of rotatable bonds is 6. The highest BCUT2D eigenvalue weighted by molar-refractivity contribution is 9.11. The fraction of sp³-hybridized carbons (Fsp3) is 0.200. The van der Waals surface area contributed by atoms with E-state index in [0.717, 1.165) is 22.1 Å². The van der Waals surface area contributed by atoms with Gasteiger partial charge in [0.2, 0.25) is 0 Å². The molecule has 0 heterocycles. The Kier molecular flexibility index (Phi) is 8.48. The third-order valence-corrected chi connectivity index (χ3v) is 2.31. The van der Waals surface area contributed by atoms with Crippen LogP contribution in [0.4, 0.5) is 0 Å². The van der Waals surface area contributed by atoms with Crippen molar-refractivity contribution in [2.75, 3.05) is 13.1 Å². The summed E-state index contributed by atoms with van der Waals surface area (Å²) < 4.78 is 0. The van der Waals surface area contributed by atoms with Gasteiger partial charge in [0.15, 0.2) is 0 Å². The molecule has 0 aliphatic rings. The molecule has 2 N–H and O–H groups in total. The number of amides is 2. The minimum Gasteiger partial charge on any atom is -0.480 e. The highest BCUT2D eigenvalue weighted by atomic mass is 79.9. The standard InChI is InChI=1S/C10H10Br2N2O6/c11-3-1-7(15)13(5-9(17)18)14(6-10(19)20)8(16)2-4-12/h1-4H,5-6H2,(H,17,18)(H,19,20)/b3-1+,4-2+. The molecule has 0 aromatic rings. The van der Waals surface area contributed by atoms with E-state index in [4.69, 9.17) is 10.2 Å². The molecule has 0 saturated heterocycles. The quantitative estimate of drug-likeness (QED) is 0.485. The average molecular weight is 414 g/mol. The second-order valence-corrected chi connectivity index (χ2v) is 4.22. The van der Waals surface area contributed by atoms with Gasteiger partial charge in [-0.1, -0.05) is 31.9 Å². The molecule has 0 saturated carbocycles. The molecule has 0 aliphatic carbocycles. The Morgan fingerprint density at radius 2 is 1.10 bits per heavy atom. The van der Waals surface area contributed by atoms with Gasteiger partial charge in [-0.15, -0.1) is 0 Å². The van der Waals surface area contributed by atoms with Gasteiger partial charge in [-0.25, -0.2) is 10.0 Å². The van der Waals surface area contributed by atoms with E-state index in [1.807, 2.05) is 0 Å². The first kappa shape index (κ1) is 18.3. The molecule has 2 amide bonds. The molecular formula is C10H10Br2N2O6. The molecule has 0 unspecified atom stereocenters. The lowest BCUT2D eigenvalue weighted by Gasteiger charge is -2.30. The van der Waals surface area contributed by atoms with E-state index >= 15 is 0 Å². The van der Waals surface area contributed by atoms with E-state index in [1.54, 1.807) is 0 Å². The zero-order valence-corrected chi connectivity index (χ0v) is 13.1. The molecule has 10 heteroatoms. The van der Waals surface area contributed by atoms with Gasteiger partial charge in [-0.05, 0) is 9.97 Å². The van der Waals surface area contributed by atoms with Gasteiger partial charge in [0.05, 0.1) is 0 Å². The predicted molar refractivity (Wildman–Crippen MR) is 74.8 cm³/mol. The van der Waals surface area contributed by atoms with E-state index in [9.17, 15) is 19.2 Å². The summed E-state index contributed by atoms with van der Waals surface area (Å²) in [6.07, 6.45) is 1.89. The van der Waals surface area contributed by atoms with Crippen LogP contribution in [-0.2, 0) is 19.2 Å². The average Bonchev–Trinajstić information content (AvgIpc) is 2.33. The summed E-state index contributed by atoms with van der Waals surface area (Å²) in [6.45, 7) is -1.71. The summed E-state index contributed by atoms with van der Waals surface area (Å²) in [6, 6.07) is 0. The summed E-state index contributed by atoms with van der Waals surface area (Å²) in [5.74, 6) is -4.51. The van der Waals surface area contributed by atoms with Crippen molar-refractivity contribution in [3.05, 3.63) is 22.1 Å². The third-order valence-electron chi connectivity index (χ3n) is 1.78. The SMILES string of the molecule is O=C(O)CN(C(=O)/C=C/Br)N(CC(=O)O)C(=O)/C=C/Br. The number of carboxylic acids is 2.